The van der Waals surface area contributed by atoms with Gasteiger partial charge in [-0.15, -0.1) is 0 Å². The molecule has 1 N–H and O–H groups in total. The molecule has 1 aromatic carbocycles. The third kappa shape index (κ3) is 7.45. The van der Waals surface area contributed by atoms with Crippen LogP contribution < -0.4 is 5.32 Å². The molecule has 6 heteroatoms. The standard InChI is InChI=1S/C29H46N2O4/c1-6-7-18-30-26(32)28(2,3)20-25-24(19-22-14-10-8-11-15-22)31(29(4,5)35-25)27(33)34-21-23-16-12-9-13-17-23/h9,12-13,16-17,22,24-25H,6-8,10-11,14-15,18-21H2,1-5H3,(H,30,32)/t24-,25-/m0/s1. The van der Waals surface area contributed by atoms with Crippen LogP contribution in [0.3, 0.4) is 0 Å². The number of hydrogen-bond acceptors (Lipinski definition) is 4. The molecule has 2 aliphatic rings. The molecular weight excluding hydrogens is 440 g/mol. The van der Waals surface area contributed by atoms with Gasteiger partial charge in [-0.3, -0.25) is 9.69 Å². The van der Waals surface area contributed by atoms with Crippen molar-refractivity contribution in [3.05, 3.63) is 35.9 Å². The lowest BCUT2D eigenvalue weighted by atomic mass is 9.79. The van der Waals surface area contributed by atoms with E-state index in [1.165, 1.54) is 32.1 Å². The Kier molecular flexibility index (Phi) is 9.62. The van der Waals surface area contributed by atoms with Crippen molar-refractivity contribution in [1.29, 1.82) is 0 Å². The van der Waals surface area contributed by atoms with E-state index in [-0.39, 0.29) is 30.8 Å². The summed E-state index contributed by atoms with van der Waals surface area (Å²) in [5.74, 6) is 0.619. The first-order valence-corrected chi connectivity index (χ1v) is 13.6. The molecule has 3 rings (SSSR count). The van der Waals surface area contributed by atoms with E-state index in [9.17, 15) is 9.59 Å². The van der Waals surface area contributed by atoms with Crippen LogP contribution in [0.15, 0.2) is 30.3 Å². The molecule has 1 aliphatic carbocycles. The van der Waals surface area contributed by atoms with E-state index >= 15 is 0 Å². The number of nitrogens with one attached hydrogen (secondary N) is 1. The van der Waals surface area contributed by atoms with Gasteiger partial charge < -0.3 is 14.8 Å². The molecule has 1 saturated carbocycles. The molecule has 0 spiro atoms. The van der Waals surface area contributed by atoms with E-state index in [4.69, 9.17) is 9.47 Å². The predicted octanol–water partition coefficient (Wildman–Crippen LogP) is 6.43. The summed E-state index contributed by atoms with van der Waals surface area (Å²) in [6.45, 7) is 10.9. The van der Waals surface area contributed by atoms with Gasteiger partial charge in [-0.05, 0) is 44.6 Å². The average molecular weight is 487 g/mol. The number of hydrogen-bond donors (Lipinski definition) is 1. The molecule has 35 heavy (non-hydrogen) atoms. The Morgan fingerprint density at radius 2 is 1.83 bits per heavy atom. The number of nitrogens with zero attached hydrogens (tertiary/aromatic N) is 1. The van der Waals surface area contributed by atoms with Crippen LogP contribution in [0.4, 0.5) is 4.79 Å². The van der Waals surface area contributed by atoms with Gasteiger partial charge in [0.2, 0.25) is 5.91 Å². The summed E-state index contributed by atoms with van der Waals surface area (Å²) in [5, 5.41) is 3.09. The summed E-state index contributed by atoms with van der Waals surface area (Å²) in [7, 11) is 0. The second kappa shape index (κ2) is 12.2. The minimum Gasteiger partial charge on any atom is -0.444 e. The number of amides is 2. The van der Waals surface area contributed by atoms with E-state index in [2.05, 4.69) is 12.2 Å². The van der Waals surface area contributed by atoms with Crippen molar-refractivity contribution >= 4 is 12.0 Å². The molecule has 196 valence electrons. The van der Waals surface area contributed by atoms with Crippen molar-refractivity contribution in [2.24, 2.45) is 11.3 Å². The Balaban J connectivity index is 1.76. The third-order valence-electron chi connectivity index (χ3n) is 7.62. The zero-order valence-electron chi connectivity index (χ0n) is 22.5. The number of carbonyl (C=O) groups is 2. The van der Waals surface area contributed by atoms with Crippen LogP contribution in [0, 0.1) is 11.3 Å². The molecule has 2 atom stereocenters. The lowest BCUT2D eigenvalue weighted by molar-refractivity contribution is -0.133. The van der Waals surface area contributed by atoms with Crippen molar-refractivity contribution in [3.63, 3.8) is 0 Å². The van der Waals surface area contributed by atoms with Crippen molar-refractivity contribution in [2.45, 2.75) is 117 Å². The van der Waals surface area contributed by atoms with E-state index < -0.39 is 11.1 Å². The van der Waals surface area contributed by atoms with Gasteiger partial charge in [-0.1, -0.05) is 89.6 Å². The lowest BCUT2D eigenvalue weighted by Gasteiger charge is -2.35. The largest absolute Gasteiger partial charge is 0.444 e. The topological polar surface area (TPSA) is 67.9 Å². The molecular formula is C29H46N2O4. The summed E-state index contributed by atoms with van der Waals surface area (Å²) in [5.41, 5.74) is -0.431. The Morgan fingerprint density at radius 3 is 2.49 bits per heavy atom. The summed E-state index contributed by atoms with van der Waals surface area (Å²) in [4.78, 5) is 28.3. The van der Waals surface area contributed by atoms with Gasteiger partial charge in [0.15, 0.2) is 0 Å². The van der Waals surface area contributed by atoms with E-state index in [0.717, 1.165) is 24.8 Å². The highest BCUT2D eigenvalue weighted by atomic mass is 16.6. The van der Waals surface area contributed by atoms with Crippen LogP contribution in [-0.2, 0) is 20.9 Å². The quantitative estimate of drug-likeness (QED) is 0.387. The maximum absolute atomic E-state index is 13.5. The van der Waals surface area contributed by atoms with Crippen LogP contribution in [-0.4, -0.2) is 41.3 Å². The average Bonchev–Trinajstić information content (AvgIpc) is 3.07. The third-order valence-corrected chi connectivity index (χ3v) is 7.62. The molecule has 0 radical (unpaired) electrons. The Bertz CT molecular complexity index is 817. The zero-order chi connectivity index (χ0) is 25.5. The SMILES string of the molecule is CCCCNC(=O)C(C)(C)C[C@@H]1OC(C)(C)N(C(=O)OCc2ccccc2)[C@H]1CC1CCCCC1. The maximum atomic E-state index is 13.5. The monoisotopic (exact) mass is 486 g/mol. The molecule has 0 bridgehead atoms. The summed E-state index contributed by atoms with van der Waals surface area (Å²) in [6, 6.07) is 9.65. The zero-order valence-corrected chi connectivity index (χ0v) is 22.5. The maximum Gasteiger partial charge on any atom is 0.412 e. The van der Waals surface area contributed by atoms with Crippen molar-refractivity contribution in [1.82, 2.24) is 10.2 Å². The lowest BCUT2D eigenvalue weighted by Crippen LogP contribution is -2.49. The summed E-state index contributed by atoms with van der Waals surface area (Å²) < 4.78 is 12.3. The van der Waals surface area contributed by atoms with Gasteiger partial charge in [0.25, 0.3) is 0 Å². The second-order valence-corrected chi connectivity index (χ2v) is 11.5. The van der Waals surface area contributed by atoms with Crippen molar-refractivity contribution in [2.75, 3.05) is 6.54 Å². The van der Waals surface area contributed by atoms with Gasteiger partial charge in [-0.25, -0.2) is 4.79 Å². The Hall–Kier alpha value is -2.08. The van der Waals surface area contributed by atoms with Crippen LogP contribution in [0.1, 0.15) is 98.0 Å². The van der Waals surface area contributed by atoms with Crippen LogP contribution >= 0.6 is 0 Å². The molecule has 1 aliphatic heterocycles. The van der Waals surface area contributed by atoms with Crippen LogP contribution in [0.2, 0.25) is 0 Å². The summed E-state index contributed by atoms with van der Waals surface area (Å²) >= 11 is 0. The van der Waals surface area contributed by atoms with Crippen LogP contribution in [0.5, 0.6) is 0 Å². The second-order valence-electron chi connectivity index (χ2n) is 11.5. The van der Waals surface area contributed by atoms with Crippen molar-refractivity contribution < 1.29 is 19.1 Å². The first kappa shape index (κ1) is 27.5. The van der Waals surface area contributed by atoms with E-state index in [1.54, 1.807) is 0 Å². The predicted molar refractivity (Wildman–Crippen MR) is 139 cm³/mol. The van der Waals surface area contributed by atoms with Gasteiger partial charge in [0, 0.05) is 12.0 Å². The number of unbranched alkanes of at least 4 members (excludes halogenated alkanes) is 1. The fourth-order valence-corrected chi connectivity index (χ4v) is 5.63. The first-order chi connectivity index (χ1) is 16.6. The highest BCUT2D eigenvalue weighted by Crippen LogP contribution is 2.42. The Morgan fingerprint density at radius 1 is 1.14 bits per heavy atom. The number of ether oxygens (including phenoxy) is 2. The van der Waals surface area contributed by atoms with E-state index in [0.29, 0.717) is 18.9 Å². The first-order valence-electron chi connectivity index (χ1n) is 13.6. The Labute approximate surface area is 212 Å². The smallest absolute Gasteiger partial charge is 0.412 e. The van der Waals surface area contributed by atoms with E-state index in [1.807, 2.05) is 62.9 Å². The number of rotatable bonds is 10. The fraction of sp³-hybridized carbons (Fsp3) is 0.724. The molecule has 6 nitrogen and oxygen atoms in total. The summed E-state index contributed by atoms with van der Waals surface area (Å²) in [6.07, 6.45) is 9.08. The molecule has 1 heterocycles. The minimum atomic E-state index is -0.799. The number of carbonyl (C=O) groups excluding carboxylic acids is 2. The van der Waals surface area contributed by atoms with Gasteiger partial charge in [0.1, 0.15) is 12.3 Å². The molecule has 1 aromatic rings. The highest BCUT2D eigenvalue weighted by Gasteiger charge is 2.52. The normalized spacial score (nSPS) is 22.7. The highest BCUT2D eigenvalue weighted by molar-refractivity contribution is 5.81. The molecule has 0 unspecified atom stereocenters. The van der Waals surface area contributed by atoms with Crippen LogP contribution in [0.25, 0.3) is 0 Å². The minimum absolute atomic E-state index is 0.0499. The van der Waals surface area contributed by atoms with Gasteiger partial charge in [-0.2, -0.15) is 0 Å². The van der Waals surface area contributed by atoms with Gasteiger partial charge >= 0.3 is 6.09 Å². The molecule has 1 saturated heterocycles. The molecule has 2 amide bonds. The fourth-order valence-electron chi connectivity index (χ4n) is 5.63. The molecule has 0 aromatic heterocycles. The number of benzene rings is 1. The molecule has 2 fully saturated rings. The van der Waals surface area contributed by atoms with Crippen molar-refractivity contribution in [3.8, 4) is 0 Å². The van der Waals surface area contributed by atoms with Gasteiger partial charge in [0.05, 0.1) is 12.1 Å².